The van der Waals surface area contributed by atoms with E-state index >= 15 is 0 Å². The third-order valence-electron chi connectivity index (χ3n) is 4.05. The fourth-order valence-corrected chi connectivity index (χ4v) is 2.08. The molecular weight excluding hydrogens is 577 g/mol. The molecule has 0 radical (unpaired) electrons. The molecule has 1 rings (SSSR count). The van der Waals surface area contributed by atoms with E-state index in [-0.39, 0.29) is 5.56 Å². The number of amides is 1. The molecule has 37 heavy (non-hydrogen) atoms. The molecule has 0 bridgehead atoms. The first kappa shape index (κ1) is 32.4. The van der Waals surface area contributed by atoms with Crippen LogP contribution >= 0.6 is 0 Å². The first-order valence-electron chi connectivity index (χ1n) is 8.56. The van der Waals surface area contributed by atoms with Gasteiger partial charge in [0.15, 0.2) is 0 Å². The lowest BCUT2D eigenvalue weighted by Crippen LogP contribution is -2.68. The van der Waals surface area contributed by atoms with Crippen molar-refractivity contribution in [2.75, 3.05) is 5.32 Å². The third kappa shape index (κ3) is 5.80. The van der Waals surface area contributed by atoms with E-state index in [4.69, 9.17) is 0 Å². The molecule has 0 fully saturated rings. The topological polar surface area (TPSA) is 47.6 Å². The van der Waals surface area contributed by atoms with Crippen molar-refractivity contribution in [1.82, 2.24) is 0 Å². The maximum Gasteiger partial charge on any atom is 0.462 e. The first-order chi connectivity index (χ1) is 16.1. The Bertz CT molecular complexity index is 986. The number of rotatable bonds is 8. The molecule has 0 heterocycles. The first-order valence-corrected chi connectivity index (χ1v) is 8.56. The molecule has 0 aliphatic heterocycles. The van der Waals surface area contributed by atoms with E-state index < -0.39 is 60.0 Å². The van der Waals surface area contributed by atoms with Crippen molar-refractivity contribution in [1.29, 1.82) is 0 Å². The molecule has 1 aromatic carbocycles. The van der Waals surface area contributed by atoms with Gasteiger partial charge in [0.2, 0.25) is 0 Å². The largest absolute Gasteiger partial charge is 0.462 e. The number of ether oxygens (including phenoxy) is 2. The van der Waals surface area contributed by atoms with Crippen LogP contribution in [0, 0.1) is 6.92 Å². The summed E-state index contributed by atoms with van der Waals surface area (Å²) in [4.78, 5) is 11.7. The number of carbonyl (C=O) groups is 1. The van der Waals surface area contributed by atoms with Gasteiger partial charge in [-0.3, -0.25) is 14.3 Å². The fourth-order valence-electron chi connectivity index (χ4n) is 2.08. The van der Waals surface area contributed by atoms with Gasteiger partial charge < -0.3 is 5.32 Å². The van der Waals surface area contributed by atoms with Crippen LogP contribution in [0.15, 0.2) is 24.3 Å². The Balaban J connectivity index is 3.64. The summed E-state index contributed by atoms with van der Waals surface area (Å²) in [5.41, 5.74) is -1.10. The molecule has 0 spiro atoms. The monoisotopic (exact) mass is 585 g/mol. The highest BCUT2D eigenvalue weighted by molar-refractivity contribution is 5.97. The minimum Gasteiger partial charge on any atom is -0.321 e. The van der Waals surface area contributed by atoms with Crippen LogP contribution in [0.4, 0.5) is 80.3 Å². The fraction of sp³-hybridized carbons (Fsp3) is 0.562. The Kier molecular flexibility index (Phi) is 8.17. The standard InChI is InChI=1S/C16H8F17NO3/c1-6-4-2-3-5-7(6)34-8(35)9(17,12(21,22)23)36-16(32,33)11(20,14(27,28)29)37-15(30,31)10(18,19)13(24,25)26/h2-5H,1H3,(H,34,35). The number of anilines is 1. The van der Waals surface area contributed by atoms with Crippen molar-refractivity contribution in [2.24, 2.45) is 0 Å². The Hall–Kier alpha value is -2.58. The zero-order valence-electron chi connectivity index (χ0n) is 17.0. The second-order valence-electron chi connectivity index (χ2n) is 6.76. The Labute approximate surface area is 192 Å². The molecular formula is C16H8F17NO3. The van der Waals surface area contributed by atoms with Crippen LogP contribution in [0.25, 0.3) is 0 Å². The minimum absolute atomic E-state index is 0.250. The average molecular weight is 585 g/mol. The van der Waals surface area contributed by atoms with Gasteiger partial charge in [0.05, 0.1) is 0 Å². The molecule has 0 aromatic heterocycles. The lowest BCUT2D eigenvalue weighted by Gasteiger charge is -2.40. The number of aryl methyl sites for hydroxylation is 1. The van der Waals surface area contributed by atoms with E-state index in [0.717, 1.165) is 30.4 Å². The van der Waals surface area contributed by atoms with Gasteiger partial charge in [-0.1, -0.05) is 18.2 Å². The van der Waals surface area contributed by atoms with E-state index in [1.165, 1.54) is 4.74 Å². The maximum absolute atomic E-state index is 14.4. The van der Waals surface area contributed by atoms with Crippen molar-refractivity contribution >= 4 is 11.6 Å². The van der Waals surface area contributed by atoms with Crippen molar-refractivity contribution in [3.8, 4) is 0 Å². The van der Waals surface area contributed by atoms with Gasteiger partial charge in [0, 0.05) is 5.69 Å². The number of hydrogen-bond acceptors (Lipinski definition) is 3. The summed E-state index contributed by atoms with van der Waals surface area (Å²) in [6.07, 6.45) is -38.6. The molecule has 2 unspecified atom stereocenters. The van der Waals surface area contributed by atoms with Crippen LogP contribution < -0.4 is 5.32 Å². The van der Waals surface area contributed by atoms with E-state index in [0.29, 0.717) is 6.07 Å². The smallest absolute Gasteiger partial charge is 0.321 e. The average Bonchev–Trinajstić information content (AvgIpc) is 2.66. The maximum atomic E-state index is 14.4. The third-order valence-corrected chi connectivity index (χ3v) is 4.05. The number of alkyl halides is 17. The summed E-state index contributed by atoms with van der Waals surface area (Å²) in [6, 6.07) is 3.74. The summed E-state index contributed by atoms with van der Waals surface area (Å²) in [7, 11) is 0. The summed E-state index contributed by atoms with van der Waals surface area (Å²) in [6.45, 7) is 0.992. The van der Waals surface area contributed by atoms with Gasteiger partial charge in [-0.05, 0) is 18.6 Å². The van der Waals surface area contributed by atoms with Crippen LogP contribution in [0.5, 0.6) is 0 Å². The highest BCUT2D eigenvalue weighted by Gasteiger charge is 2.85. The predicted octanol–water partition coefficient (Wildman–Crippen LogP) is 6.81. The summed E-state index contributed by atoms with van der Waals surface area (Å²) in [5, 5.41) is 0.909. The summed E-state index contributed by atoms with van der Waals surface area (Å²) >= 11 is 0. The molecule has 0 aliphatic carbocycles. The quantitative estimate of drug-likeness (QED) is 0.342. The van der Waals surface area contributed by atoms with Gasteiger partial charge in [-0.25, -0.2) is 0 Å². The molecule has 4 nitrogen and oxygen atoms in total. The second-order valence-corrected chi connectivity index (χ2v) is 6.76. The molecule has 214 valence electrons. The predicted molar refractivity (Wildman–Crippen MR) is 82.7 cm³/mol. The van der Waals surface area contributed by atoms with Gasteiger partial charge in [-0.15, -0.1) is 0 Å². The van der Waals surface area contributed by atoms with Gasteiger partial charge in [0.25, 0.3) is 5.91 Å². The van der Waals surface area contributed by atoms with Crippen LogP contribution in [-0.2, 0) is 14.3 Å². The Morgan fingerprint density at radius 3 is 1.49 bits per heavy atom. The number of benzene rings is 1. The van der Waals surface area contributed by atoms with E-state index in [9.17, 15) is 79.4 Å². The summed E-state index contributed by atoms with van der Waals surface area (Å²) < 4.78 is 226. The van der Waals surface area contributed by atoms with Gasteiger partial charge >= 0.3 is 48.4 Å². The lowest BCUT2D eigenvalue weighted by atomic mass is 10.1. The zero-order chi connectivity index (χ0) is 29.7. The van der Waals surface area contributed by atoms with Crippen molar-refractivity contribution < 1.29 is 88.9 Å². The number of halogens is 17. The minimum atomic E-state index is -8.05. The number of carbonyl (C=O) groups excluding carboxylic acids is 1. The van der Waals surface area contributed by atoms with Crippen molar-refractivity contribution in [3.05, 3.63) is 29.8 Å². The normalized spacial score (nSPS) is 17.7. The molecule has 0 saturated carbocycles. The van der Waals surface area contributed by atoms with Crippen LogP contribution in [-0.4, -0.2) is 54.3 Å². The molecule has 21 heteroatoms. The van der Waals surface area contributed by atoms with Crippen molar-refractivity contribution in [3.63, 3.8) is 0 Å². The van der Waals surface area contributed by atoms with Crippen LogP contribution in [0.1, 0.15) is 5.56 Å². The lowest BCUT2D eigenvalue weighted by molar-refractivity contribution is -0.548. The Morgan fingerprint density at radius 2 is 1.11 bits per heavy atom. The SMILES string of the molecule is Cc1ccccc1NC(=O)C(F)(OC(F)(F)C(F)(OC(F)(F)C(F)(F)C(F)(F)F)C(F)(F)F)C(F)(F)F. The molecule has 1 N–H and O–H groups in total. The molecule has 1 amide bonds. The van der Waals surface area contributed by atoms with Gasteiger partial charge in [0.1, 0.15) is 0 Å². The molecule has 1 aromatic rings. The highest BCUT2D eigenvalue weighted by Crippen LogP contribution is 2.56. The molecule has 0 saturated heterocycles. The van der Waals surface area contributed by atoms with Crippen molar-refractivity contribution in [2.45, 2.75) is 55.3 Å². The van der Waals surface area contributed by atoms with Crippen LogP contribution in [0.3, 0.4) is 0 Å². The highest BCUT2D eigenvalue weighted by atomic mass is 19.4. The second kappa shape index (κ2) is 9.31. The molecule has 0 aliphatic rings. The zero-order valence-corrected chi connectivity index (χ0v) is 17.0. The summed E-state index contributed by atoms with van der Waals surface area (Å²) in [5.74, 6) is -26.2. The Morgan fingerprint density at radius 1 is 0.649 bits per heavy atom. The number of nitrogens with one attached hydrogen (secondary N) is 1. The van der Waals surface area contributed by atoms with E-state index in [1.807, 2.05) is 4.74 Å². The van der Waals surface area contributed by atoms with E-state index in [2.05, 4.69) is 0 Å². The van der Waals surface area contributed by atoms with E-state index in [1.54, 1.807) is 0 Å². The van der Waals surface area contributed by atoms with Gasteiger partial charge in [-0.2, -0.15) is 74.6 Å². The van der Waals surface area contributed by atoms with Crippen LogP contribution in [0.2, 0.25) is 0 Å². The number of hydrogen-bond donors (Lipinski definition) is 1. The number of para-hydroxylation sites is 1. The molecule has 2 atom stereocenters.